The predicted molar refractivity (Wildman–Crippen MR) is 79.7 cm³/mol. The highest BCUT2D eigenvalue weighted by Gasteiger charge is 2.23. The van der Waals surface area contributed by atoms with Gasteiger partial charge in [-0.3, -0.25) is 0 Å². The number of furan rings is 1. The van der Waals surface area contributed by atoms with Crippen LogP contribution in [0.25, 0.3) is 0 Å². The summed E-state index contributed by atoms with van der Waals surface area (Å²) in [7, 11) is 0. The minimum Gasteiger partial charge on any atom is -0.469 e. The van der Waals surface area contributed by atoms with Crippen LogP contribution in [-0.4, -0.2) is 23.3 Å². The SMILES string of the molecule is C[C@@](O)(CNC(=O)NCc1ccccc1)Cc1ccco1. The summed E-state index contributed by atoms with van der Waals surface area (Å²) in [5.41, 5.74) is -0.0305. The topological polar surface area (TPSA) is 74.5 Å². The van der Waals surface area contributed by atoms with E-state index in [0.29, 0.717) is 18.7 Å². The molecule has 0 bridgehead atoms. The molecule has 0 saturated heterocycles. The molecule has 1 aromatic heterocycles. The smallest absolute Gasteiger partial charge is 0.315 e. The van der Waals surface area contributed by atoms with Crippen molar-refractivity contribution in [1.82, 2.24) is 10.6 Å². The summed E-state index contributed by atoms with van der Waals surface area (Å²) in [6.07, 6.45) is 1.91. The van der Waals surface area contributed by atoms with Crippen LogP contribution in [0.1, 0.15) is 18.2 Å². The van der Waals surface area contributed by atoms with Crippen LogP contribution >= 0.6 is 0 Å². The fourth-order valence-corrected chi connectivity index (χ4v) is 1.96. The number of urea groups is 1. The molecule has 5 heteroatoms. The van der Waals surface area contributed by atoms with Gasteiger partial charge in [-0.1, -0.05) is 30.3 Å². The molecule has 0 spiro atoms. The van der Waals surface area contributed by atoms with E-state index in [-0.39, 0.29) is 12.6 Å². The molecule has 0 unspecified atom stereocenters. The van der Waals surface area contributed by atoms with Crippen molar-refractivity contribution in [2.75, 3.05) is 6.54 Å². The van der Waals surface area contributed by atoms with Crippen LogP contribution in [0.4, 0.5) is 4.79 Å². The molecule has 21 heavy (non-hydrogen) atoms. The van der Waals surface area contributed by atoms with E-state index in [0.717, 1.165) is 5.56 Å². The summed E-state index contributed by atoms with van der Waals surface area (Å²) in [5.74, 6) is 0.687. The van der Waals surface area contributed by atoms with E-state index >= 15 is 0 Å². The monoisotopic (exact) mass is 288 g/mol. The molecule has 1 aromatic carbocycles. The lowest BCUT2D eigenvalue weighted by atomic mass is 10.0. The van der Waals surface area contributed by atoms with Gasteiger partial charge in [0.2, 0.25) is 0 Å². The number of carbonyl (C=O) groups is 1. The van der Waals surface area contributed by atoms with E-state index in [1.54, 1.807) is 25.3 Å². The largest absolute Gasteiger partial charge is 0.469 e. The predicted octanol–water partition coefficient (Wildman–Crippen LogP) is 2.07. The number of benzene rings is 1. The summed E-state index contributed by atoms with van der Waals surface area (Å²) in [4.78, 5) is 11.7. The maximum Gasteiger partial charge on any atom is 0.315 e. The lowest BCUT2D eigenvalue weighted by molar-refractivity contribution is 0.0571. The van der Waals surface area contributed by atoms with Crippen LogP contribution in [0.3, 0.4) is 0 Å². The second-order valence-corrected chi connectivity index (χ2v) is 5.27. The first-order chi connectivity index (χ1) is 10.1. The number of carbonyl (C=O) groups excluding carboxylic acids is 1. The Morgan fingerprint density at radius 2 is 1.95 bits per heavy atom. The zero-order chi connectivity index (χ0) is 15.1. The van der Waals surface area contributed by atoms with Gasteiger partial charge in [-0.25, -0.2) is 4.79 Å². The number of aliphatic hydroxyl groups is 1. The first-order valence-electron chi connectivity index (χ1n) is 6.85. The van der Waals surface area contributed by atoms with Crippen molar-refractivity contribution in [1.29, 1.82) is 0 Å². The summed E-state index contributed by atoms with van der Waals surface area (Å²) < 4.78 is 5.19. The van der Waals surface area contributed by atoms with E-state index in [1.165, 1.54) is 0 Å². The number of rotatable bonds is 6. The van der Waals surface area contributed by atoms with E-state index in [1.807, 2.05) is 30.3 Å². The Balaban J connectivity index is 1.73. The van der Waals surface area contributed by atoms with Gasteiger partial charge >= 0.3 is 6.03 Å². The van der Waals surface area contributed by atoms with Gasteiger partial charge in [0, 0.05) is 19.5 Å². The first kappa shape index (κ1) is 15.1. The molecule has 0 saturated carbocycles. The Morgan fingerprint density at radius 3 is 2.62 bits per heavy atom. The van der Waals surface area contributed by atoms with Crippen LogP contribution in [0.2, 0.25) is 0 Å². The second-order valence-electron chi connectivity index (χ2n) is 5.27. The molecule has 0 aliphatic heterocycles. The van der Waals surface area contributed by atoms with Gasteiger partial charge in [0.05, 0.1) is 11.9 Å². The van der Waals surface area contributed by atoms with Gasteiger partial charge in [0.1, 0.15) is 5.76 Å². The third-order valence-electron chi connectivity index (χ3n) is 3.06. The van der Waals surface area contributed by atoms with Gasteiger partial charge in [-0.05, 0) is 24.6 Å². The van der Waals surface area contributed by atoms with Gasteiger partial charge in [0.25, 0.3) is 0 Å². The summed E-state index contributed by atoms with van der Waals surface area (Å²) in [5, 5.41) is 15.6. The zero-order valence-electron chi connectivity index (χ0n) is 12.0. The number of amides is 2. The van der Waals surface area contributed by atoms with Crippen molar-refractivity contribution in [2.45, 2.75) is 25.5 Å². The maximum atomic E-state index is 11.7. The molecule has 2 aromatic rings. The van der Waals surface area contributed by atoms with E-state index in [2.05, 4.69) is 10.6 Å². The van der Waals surface area contributed by atoms with Crippen molar-refractivity contribution in [3.8, 4) is 0 Å². The molecular weight excluding hydrogens is 268 g/mol. The fourth-order valence-electron chi connectivity index (χ4n) is 1.96. The molecular formula is C16H20N2O3. The summed E-state index contributed by atoms with van der Waals surface area (Å²) in [6, 6.07) is 12.9. The standard InChI is InChI=1S/C16H20N2O3/c1-16(20,10-14-8-5-9-21-14)12-18-15(19)17-11-13-6-3-2-4-7-13/h2-9,20H,10-12H2,1H3,(H2,17,18,19)/t16-/m0/s1. The van der Waals surface area contributed by atoms with E-state index < -0.39 is 5.60 Å². The van der Waals surface area contributed by atoms with Crippen LogP contribution in [-0.2, 0) is 13.0 Å². The van der Waals surface area contributed by atoms with Crippen molar-refractivity contribution in [2.24, 2.45) is 0 Å². The van der Waals surface area contributed by atoms with Crippen LogP contribution < -0.4 is 10.6 Å². The Morgan fingerprint density at radius 1 is 1.19 bits per heavy atom. The summed E-state index contributed by atoms with van der Waals surface area (Å²) >= 11 is 0. The van der Waals surface area contributed by atoms with Crippen molar-refractivity contribution in [3.05, 3.63) is 60.1 Å². The second kappa shape index (κ2) is 6.95. The normalized spacial score (nSPS) is 13.4. The van der Waals surface area contributed by atoms with Gasteiger partial charge in [-0.2, -0.15) is 0 Å². The van der Waals surface area contributed by atoms with Gasteiger partial charge < -0.3 is 20.2 Å². The van der Waals surface area contributed by atoms with Gasteiger partial charge in [0.15, 0.2) is 0 Å². The third-order valence-corrected chi connectivity index (χ3v) is 3.06. The van der Waals surface area contributed by atoms with Crippen molar-refractivity contribution in [3.63, 3.8) is 0 Å². The minimum atomic E-state index is -1.05. The number of hydrogen-bond donors (Lipinski definition) is 3. The zero-order valence-corrected chi connectivity index (χ0v) is 12.0. The average molecular weight is 288 g/mol. The highest BCUT2D eigenvalue weighted by Crippen LogP contribution is 2.12. The van der Waals surface area contributed by atoms with Crippen molar-refractivity contribution >= 4 is 6.03 Å². The van der Waals surface area contributed by atoms with Crippen LogP contribution in [0.15, 0.2) is 53.1 Å². The Labute approximate surface area is 124 Å². The lowest BCUT2D eigenvalue weighted by Gasteiger charge is -2.22. The van der Waals surface area contributed by atoms with Crippen LogP contribution in [0, 0.1) is 0 Å². The summed E-state index contributed by atoms with van der Waals surface area (Å²) in [6.45, 7) is 2.26. The molecule has 0 fully saturated rings. The fraction of sp³-hybridized carbons (Fsp3) is 0.312. The molecule has 2 amide bonds. The highest BCUT2D eigenvalue weighted by molar-refractivity contribution is 5.73. The molecule has 0 aliphatic rings. The Kier molecular flexibility index (Phi) is 5.00. The number of nitrogens with one attached hydrogen (secondary N) is 2. The molecule has 2 rings (SSSR count). The maximum absolute atomic E-state index is 11.7. The number of hydrogen-bond acceptors (Lipinski definition) is 3. The van der Waals surface area contributed by atoms with E-state index in [9.17, 15) is 9.90 Å². The Bertz CT molecular complexity index is 550. The molecule has 1 atom stereocenters. The third kappa shape index (κ3) is 5.31. The van der Waals surface area contributed by atoms with Gasteiger partial charge in [-0.15, -0.1) is 0 Å². The highest BCUT2D eigenvalue weighted by atomic mass is 16.3. The quantitative estimate of drug-likeness (QED) is 0.762. The average Bonchev–Trinajstić information content (AvgIpc) is 2.96. The molecule has 3 N–H and O–H groups in total. The molecule has 0 aliphatic carbocycles. The Hall–Kier alpha value is -2.27. The van der Waals surface area contributed by atoms with E-state index in [4.69, 9.17) is 4.42 Å². The first-order valence-corrected chi connectivity index (χ1v) is 6.85. The van der Waals surface area contributed by atoms with Crippen molar-refractivity contribution < 1.29 is 14.3 Å². The minimum absolute atomic E-state index is 0.147. The lowest BCUT2D eigenvalue weighted by Crippen LogP contribution is -2.45. The molecule has 112 valence electrons. The molecule has 1 heterocycles. The molecule has 0 radical (unpaired) electrons. The molecule has 5 nitrogen and oxygen atoms in total. The van der Waals surface area contributed by atoms with Crippen LogP contribution in [0.5, 0.6) is 0 Å².